The summed E-state index contributed by atoms with van der Waals surface area (Å²) in [6.07, 6.45) is 1.56. The summed E-state index contributed by atoms with van der Waals surface area (Å²) in [5.41, 5.74) is -0.312. The van der Waals surface area contributed by atoms with Gasteiger partial charge in [0, 0.05) is 35.2 Å². The van der Waals surface area contributed by atoms with E-state index in [9.17, 15) is 24.3 Å². The number of hydrogen-bond donors (Lipinski definition) is 1. The molecule has 1 aromatic heterocycles. The summed E-state index contributed by atoms with van der Waals surface area (Å²) < 4.78 is 21.9. The first-order chi connectivity index (χ1) is 17.8. The van der Waals surface area contributed by atoms with Crippen molar-refractivity contribution in [2.45, 2.75) is 78.6 Å². The molecule has 3 aliphatic carbocycles. The summed E-state index contributed by atoms with van der Waals surface area (Å²) in [6, 6.07) is 1.75. The minimum Gasteiger partial charge on any atom is -0.472 e. The van der Waals surface area contributed by atoms with Crippen LogP contribution in [0.4, 0.5) is 0 Å². The number of rotatable bonds is 4. The van der Waals surface area contributed by atoms with Gasteiger partial charge in [-0.15, -0.1) is 0 Å². The third-order valence-electron chi connectivity index (χ3n) is 10.1. The Morgan fingerprint density at radius 1 is 1.18 bits per heavy atom. The Morgan fingerprint density at radius 3 is 2.50 bits per heavy atom. The first kappa shape index (κ1) is 26.7. The van der Waals surface area contributed by atoms with Gasteiger partial charge in [0.1, 0.15) is 18.0 Å². The van der Waals surface area contributed by atoms with E-state index in [4.69, 9.17) is 18.6 Å². The first-order valence-corrected chi connectivity index (χ1v) is 13.2. The van der Waals surface area contributed by atoms with Gasteiger partial charge in [0.15, 0.2) is 6.10 Å². The fraction of sp³-hybridized carbons (Fsp3) is 0.655. The standard InChI is InChI=1S/C29H36O9/c1-14(30)37-25-17-11-16-18(29(5,23(17)33)19(27(25,2)3)12-20(31)35-6)7-9-28(4)21(16)22(32)26(34)38-24(28)15-8-10-36-13-15/h8,10,13,17-19,22,24-25,32H,7,9,11-12H2,1-6H3. The lowest BCUT2D eigenvalue weighted by Gasteiger charge is -2.63. The predicted molar refractivity (Wildman–Crippen MR) is 132 cm³/mol. The maximum atomic E-state index is 14.2. The van der Waals surface area contributed by atoms with Gasteiger partial charge in [0.2, 0.25) is 0 Å². The minimum absolute atomic E-state index is 0.0190. The van der Waals surface area contributed by atoms with E-state index in [0.29, 0.717) is 24.0 Å². The fourth-order valence-electron chi connectivity index (χ4n) is 8.46. The largest absolute Gasteiger partial charge is 0.472 e. The van der Waals surface area contributed by atoms with Crippen molar-refractivity contribution >= 4 is 23.7 Å². The number of ketones is 1. The molecule has 0 radical (unpaired) electrons. The van der Waals surface area contributed by atoms with Crippen LogP contribution in [0.5, 0.6) is 0 Å². The van der Waals surface area contributed by atoms with Crippen molar-refractivity contribution in [1.82, 2.24) is 0 Å². The average Bonchev–Trinajstić information content (AvgIpc) is 3.38. The molecule has 2 bridgehead atoms. The number of carbonyl (C=O) groups is 4. The van der Waals surface area contributed by atoms with Gasteiger partial charge in [-0.05, 0) is 42.7 Å². The Morgan fingerprint density at radius 2 is 1.89 bits per heavy atom. The van der Waals surface area contributed by atoms with E-state index >= 15 is 0 Å². The quantitative estimate of drug-likeness (QED) is 0.353. The molecule has 9 heteroatoms. The molecular formula is C29H36O9. The van der Waals surface area contributed by atoms with Gasteiger partial charge in [-0.1, -0.05) is 33.3 Å². The van der Waals surface area contributed by atoms with Crippen LogP contribution in [0.25, 0.3) is 0 Å². The number of carbonyl (C=O) groups excluding carboxylic acids is 4. The molecule has 206 valence electrons. The molecule has 8 atom stereocenters. The molecule has 1 aromatic rings. The number of esters is 3. The van der Waals surface area contributed by atoms with Crippen molar-refractivity contribution in [1.29, 1.82) is 0 Å². The second kappa shape index (κ2) is 8.79. The number of ether oxygens (including phenoxy) is 3. The molecule has 1 saturated heterocycles. The van der Waals surface area contributed by atoms with Crippen LogP contribution < -0.4 is 0 Å². The summed E-state index contributed by atoms with van der Waals surface area (Å²) in [5, 5.41) is 11.3. The van der Waals surface area contributed by atoms with Crippen molar-refractivity contribution in [2.75, 3.05) is 7.11 Å². The molecule has 2 heterocycles. The van der Waals surface area contributed by atoms with Crippen molar-refractivity contribution in [3.05, 3.63) is 35.3 Å². The van der Waals surface area contributed by atoms with Crippen LogP contribution in [0.2, 0.25) is 0 Å². The number of allylic oxidation sites excluding steroid dienone is 1. The topological polar surface area (TPSA) is 129 Å². The molecule has 8 unspecified atom stereocenters. The maximum Gasteiger partial charge on any atom is 0.339 e. The monoisotopic (exact) mass is 528 g/mol. The zero-order valence-electron chi connectivity index (χ0n) is 22.7. The highest BCUT2D eigenvalue weighted by molar-refractivity contribution is 5.93. The number of aliphatic hydroxyl groups excluding tert-OH is 1. The summed E-state index contributed by atoms with van der Waals surface area (Å²) in [4.78, 5) is 52.1. The molecule has 4 aliphatic rings. The molecule has 0 spiro atoms. The summed E-state index contributed by atoms with van der Waals surface area (Å²) in [5.74, 6) is -3.22. The van der Waals surface area contributed by atoms with E-state index in [1.165, 1.54) is 20.3 Å². The molecule has 5 rings (SSSR count). The number of furan rings is 1. The van der Waals surface area contributed by atoms with Crippen molar-refractivity contribution in [3.8, 4) is 0 Å². The van der Waals surface area contributed by atoms with Gasteiger partial charge in [0.05, 0.1) is 25.6 Å². The molecule has 38 heavy (non-hydrogen) atoms. The highest BCUT2D eigenvalue weighted by Gasteiger charge is 2.69. The van der Waals surface area contributed by atoms with Crippen molar-refractivity contribution in [2.24, 2.45) is 34.0 Å². The molecule has 1 N–H and O–H groups in total. The second-order valence-corrected chi connectivity index (χ2v) is 12.4. The fourth-order valence-corrected chi connectivity index (χ4v) is 8.46. The van der Waals surface area contributed by atoms with E-state index in [1.54, 1.807) is 12.3 Å². The lowest BCUT2D eigenvalue weighted by atomic mass is 9.40. The third-order valence-corrected chi connectivity index (χ3v) is 10.1. The van der Waals surface area contributed by atoms with E-state index in [2.05, 4.69) is 0 Å². The molecule has 2 saturated carbocycles. The summed E-state index contributed by atoms with van der Waals surface area (Å²) in [7, 11) is 1.31. The molecular weight excluding hydrogens is 492 g/mol. The third kappa shape index (κ3) is 3.53. The van der Waals surface area contributed by atoms with Crippen LogP contribution in [0.3, 0.4) is 0 Å². The number of aliphatic hydroxyl groups is 1. The highest BCUT2D eigenvalue weighted by atomic mass is 16.6. The summed E-state index contributed by atoms with van der Waals surface area (Å²) in [6.45, 7) is 9.07. The number of cyclic esters (lactones) is 1. The van der Waals surface area contributed by atoms with Crippen LogP contribution in [0.1, 0.15) is 72.0 Å². The predicted octanol–water partition coefficient (Wildman–Crippen LogP) is 3.70. The van der Waals surface area contributed by atoms with Crippen LogP contribution >= 0.6 is 0 Å². The van der Waals surface area contributed by atoms with Gasteiger partial charge in [-0.25, -0.2) is 4.79 Å². The zero-order valence-corrected chi connectivity index (χ0v) is 22.7. The smallest absolute Gasteiger partial charge is 0.339 e. The number of hydrogen-bond acceptors (Lipinski definition) is 9. The molecule has 9 nitrogen and oxygen atoms in total. The van der Waals surface area contributed by atoms with E-state index in [0.717, 1.165) is 5.57 Å². The Kier molecular flexibility index (Phi) is 6.17. The van der Waals surface area contributed by atoms with Crippen LogP contribution in [-0.4, -0.2) is 48.1 Å². The number of fused-ring (bicyclic) bond motifs is 5. The molecule has 3 fully saturated rings. The first-order valence-electron chi connectivity index (χ1n) is 13.2. The van der Waals surface area contributed by atoms with Crippen LogP contribution in [0.15, 0.2) is 34.2 Å². The average molecular weight is 529 g/mol. The zero-order chi connectivity index (χ0) is 27.8. The van der Waals surface area contributed by atoms with E-state index in [-0.39, 0.29) is 24.5 Å². The second-order valence-electron chi connectivity index (χ2n) is 12.4. The molecule has 1 aliphatic heterocycles. The molecule has 0 aromatic carbocycles. The van der Waals surface area contributed by atoms with Crippen LogP contribution in [0, 0.1) is 34.0 Å². The maximum absolute atomic E-state index is 14.2. The minimum atomic E-state index is -1.47. The normalized spacial score (nSPS) is 39.6. The van der Waals surface area contributed by atoms with Crippen molar-refractivity contribution < 1.29 is 42.9 Å². The number of Topliss-reactive ketones (excluding diaryl/α,β-unsaturated/α-hetero) is 1. The lowest BCUT2D eigenvalue weighted by molar-refractivity contribution is -0.198. The van der Waals surface area contributed by atoms with Gasteiger partial charge >= 0.3 is 17.9 Å². The SMILES string of the molecule is COC(=O)CC1C(C)(C)C(OC(C)=O)C2CC3=C4C(O)C(=O)OC(c5ccoc5)C4(C)CCC3C1(C)C2=O. The molecule has 0 amide bonds. The number of methoxy groups -OCH3 is 1. The van der Waals surface area contributed by atoms with Gasteiger partial charge in [-0.3, -0.25) is 14.4 Å². The highest BCUT2D eigenvalue weighted by Crippen LogP contribution is 2.68. The van der Waals surface area contributed by atoms with Gasteiger partial charge < -0.3 is 23.7 Å². The van der Waals surface area contributed by atoms with E-state index < -0.39 is 64.3 Å². The van der Waals surface area contributed by atoms with Crippen molar-refractivity contribution in [3.63, 3.8) is 0 Å². The van der Waals surface area contributed by atoms with Gasteiger partial charge in [-0.2, -0.15) is 0 Å². The Hall–Kier alpha value is -2.94. The lowest BCUT2D eigenvalue weighted by Crippen LogP contribution is -2.67. The Labute approximate surface area is 221 Å². The Bertz CT molecular complexity index is 1210. The van der Waals surface area contributed by atoms with E-state index in [1.807, 2.05) is 27.7 Å². The van der Waals surface area contributed by atoms with Crippen LogP contribution in [-0.2, 0) is 33.4 Å². The Balaban J connectivity index is 1.72. The summed E-state index contributed by atoms with van der Waals surface area (Å²) >= 11 is 0. The van der Waals surface area contributed by atoms with Gasteiger partial charge in [0.25, 0.3) is 0 Å².